The van der Waals surface area contributed by atoms with Crippen molar-refractivity contribution in [1.82, 2.24) is 15.1 Å². The topological polar surface area (TPSA) is 73.2 Å². The Labute approximate surface area is 190 Å². The van der Waals surface area contributed by atoms with Crippen LogP contribution >= 0.6 is 0 Å². The van der Waals surface area contributed by atoms with Gasteiger partial charge >= 0.3 is 0 Å². The molecule has 0 aliphatic rings. The van der Waals surface area contributed by atoms with E-state index in [-0.39, 0.29) is 29.8 Å². The highest BCUT2D eigenvalue weighted by Crippen LogP contribution is 2.13. The molecule has 0 unspecified atom stereocenters. The SMILES string of the molecule is Cc1ccccc1CNC(=O)c1ccc(-n2nc(OCc3cccc(F)c3)ccc2=O)cc1. The van der Waals surface area contributed by atoms with Crippen LogP contribution in [0.5, 0.6) is 5.88 Å². The molecular weight excluding hydrogens is 421 g/mol. The summed E-state index contributed by atoms with van der Waals surface area (Å²) in [5.41, 5.74) is 3.43. The number of ether oxygens (including phenoxy) is 1. The maximum absolute atomic E-state index is 13.3. The second-order valence-electron chi connectivity index (χ2n) is 7.50. The summed E-state index contributed by atoms with van der Waals surface area (Å²) >= 11 is 0. The zero-order chi connectivity index (χ0) is 23.2. The molecule has 0 aliphatic heterocycles. The number of nitrogens with one attached hydrogen (secondary N) is 1. The van der Waals surface area contributed by atoms with E-state index in [2.05, 4.69) is 10.4 Å². The predicted octanol–water partition coefficient (Wildman–Crippen LogP) is 4.19. The van der Waals surface area contributed by atoms with E-state index in [1.807, 2.05) is 31.2 Å². The first-order valence-electron chi connectivity index (χ1n) is 10.4. The summed E-state index contributed by atoms with van der Waals surface area (Å²) in [6.07, 6.45) is 0. The van der Waals surface area contributed by atoms with Crippen LogP contribution in [-0.4, -0.2) is 15.7 Å². The molecule has 0 aliphatic carbocycles. The molecule has 1 N–H and O–H groups in total. The molecule has 4 rings (SSSR count). The van der Waals surface area contributed by atoms with Gasteiger partial charge in [-0.15, -0.1) is 5.10 Å². The van der Waals surface area contributed by atoms with Crippen LogP contribution in [-0.2, 0) is 13.2 Å². The number of carbonyl (C=O) groups is 1. The third kappa shape index (κ3) is 5.51. The number of aromatic nitrogens is 2. The number of carbonyl (C=O) groups excluding carboxylic acids is 1. The van der Waals surface area contributed by atoms with Gasteiger partial charge in [0.05, 0.1) is 5.69 Å². The molecule has 0 atom stereocenters. The van der Waals surface area contributed by atoms with Crippen LogP contribution in [0.1, 0.15) is 27.0 Å². The quantitative estimate of drug-likeness (QED) is 0.465. The lowest BCUT2D eigenvalue weighted by atomic mass is 10.1. The van der Waals surface area contributed by atoms with Gasteiger partial charge in [0.25, 0.3) is 11.5 Å². The van der Waals surface area contributed by atoms with Crippen LogP contribution in [0.15, 0.2) is 89.7 Å². The van der Waals surface area contributed by atoms with Crippen molar-refractivity contribution in [2.75, 3.05) is 0 Å². The van der Waals surface area contributed by atoms with Gasteiger partial charge in [-0.05, 0) is 60.0 Å². The number of amides is 1. The summed E-state index contributed by atoms with van der Waals surface area (Å²) in [5, 5.41) is 7.13. The van der Waals surface area contributed by atoms with Gasteiger partial charge < -0.3 is 10.1 Å². The molecule has 4 aromatic rings. The van der Waals surface area contributed by atoms with Crippen molar-refractivity contribution in [2.45, 2.75) is 20.1 Å². The van der Waals surface area contributed by atoms with Crippen LogP contribution in [0.2, 0.25) is 0 Å². The molecule has 1 aromatic heterocycles. The fourth-order valence-electron chi connectivity index (χ4n) is 3.28. The van der Waals surface area contributed by atoms with Gasteiger partial charge in [-0.25, -0.2) is 4.39 Å². The van der Waals surface area contributed by atoms with Crippen molar-refractivity contribution in [3.8, 4) is 11.6 Å². The Morgan fingerprint density at radius 2 is 1.79 bits per heavy atom. The molecule has 1 heterocycles. The second kappa shape index (κ2) is 9.91. The van der Waals surface area contributed by atoms with Crippen LogP contribution in [0.4, 0.5) is 4.39 Å². The first-order chi connectivity index (χ1) is 16.0. The summed E-state index contributed by atoms with van der Waals surface area (Å²) < 4.78 is 20.1. The number of halogens is 1. The van der Waals surface area contributed by atoms with E-state index in [4.69, 9.17) is 4.74 Å². The molecule has 0 fully saturated rings. The lowest BCUT2D eigenvalue weighted by Crippen LogP contribution is -2.23. The molecule has 0 saturated carbocycles. The fourth-order valence-corrected chi connectivity index (χ4v) is 3.28. The van der Waals surface area contributed by atoms with Gasteiger partial charge in [0.15, 0.2) is 0 Å². The zero-order valence-corrected chi connectivity index (χ0v) is 18.0. The van der Waals surface area contributed by atoms with Crippen molar-refractivity contribution < 1.29 is 13.9 Å². The molecule has 33 heavy (non-hydrogen) atoms. The molecule has 3 aromatic carbocycles. The Balaban J connectivity index is 1.44. The average Bonchev–Trinajstić information content (AvgIpc) is 2.83. The molecule has 1 amide bonds. The predicted molar refractivity (Wildman–Crippen MR) is 123 cm³/mol. The molecule has 7 heteroatoms. The molecule has 0 saturated heterocycles. The van der Waals surface area contributed by atoms with E-state index in [0.29, 0.717) is 23.4 Å². The summed E-state index contributed by atoms with van der Waals surface area (Å²) in [7, 11) is 0. The lowest BCUT2D eigenvalue weighted by Gasteiger charge is -2.10. The van der Waals surface area contributed by atoms with Gasteiger partial charge in [-0.2, -0.15) is 4.68 Å². The van der Waals surface area contributed by atoms with E-state index < -0.39 is 0 Å². The van der Waals surface area contributed by atoms with Crippen molar-refractivity contribution in [1.29, 1.82) is 0 Å². The number of hydrogen-bond acceptors (Lipinski definition) is 4. The summed E-state index contributed by atoms with van der Waals surface area (Å²) in [4.78, 5) is 24.8. The first-order valence-corrected chi connectivity index (χ1v) is 10.4. The van der Waals surface area contributed by atoms with Crippen LogP contribution in [0.25, 0.3) is 5.69 Å². The van der Waals surface area contributed by atoms with Crippen molar-refractivity contribution >= 4 is 5.91 Å². The minimum Gasteiger partial charge on any atom is -0.472 e. The van der Waals surface area contributed by atoms with Crippen LogP contribution < -0.4 is 15.6 Å². The highest BCUT2D eigenvalue weighted by Gasteiger charge is 2.09. The lowest BCUT2D eigenvalue weighted by molar-refractivity contribution is 0.0951. The van der Waals surface area contributed by atoms with E-state index in [1.165, 1.54) is 28.9 Å². The summed E-state index contributed by atoms with van der Waals surface area (Å²) in [5.74, 6) is -0.340. The normalized spacial score (nSPS) is 10.6. The second-order valence-corrected chi connectivity index (χ2v) is 7.50. The minimum atomic E-state index is -0.350. The molecule has 0 bridgehead atoms. The van der Waals surface area contributed by atoms with Gasteiger partial charge in [0, 0.05) is 24.2 Å². The molecular formula is C26H22FN3O3. The van der Waals surface area contributed by atoms with Gasteiger partial charge in [0.2, 0.25) is 5.88 Å². The van der Waals surface area contributed by atoms with Gasteiger partial charge in [-0.1, -0.05) is 36.4 Å². The fraction of sp³-hybridized carbons (Fsp3) is 0.115. The highest BCUT2D eigenvalue weighted by atomic mass is 19.1. The van der Waals surface area contributed by atoms with Crippen molar-refractivity contribution in [2.24, 2.45) is 0 Å². The minimum absolute atomic E-state index is 0.114. The van der Waals surface area contributed by atoms with E-state index in [1.54, 1.807) is 36.4 Å². The largest absolute Gasteiger partial charge is 0.472 e. The smallest absolute Gasteiger partial charge is 0.271 e. The Bertz CT molecular complexity index is 1330. The molecule has 0 spiro atoms. The van der Waals surface area contributed by atoms with E-state index >= 15 is 0 Å². The first kappa shape index (κ1) is 22.0. The zero-order valence-electron chi connectivity index (χ0n) is 18.0. The number of benzene rings is 3. The third-order valence-electron chi connectivity index (χ3n) is 5.13. The standard InChI is InChI=1S/C26H22FN3O3/c1-18-5-2-3-7-21(18)16-28-26(32)20-9-11-23(12-10-20)30-25(31)14-13-24(29-30)33-17-19-6-4-8-22(27)15-19/h2-15H,16-17H2,1H3,(H,28,32). The number of aryl methyl sites for hydroxylation is 1. The molecule has 0 radical (unpaired) electrons. The molecule has 6 nitrogen and oxygen atoms in total. The Morgan fingerprint density at radius 3 is 2.55 bits per heavy atom. The van der Waals surface area contributed by atoms with Crippen molar-refractivity contribution in [3.63, 3.8) is 0 Å². The van der Waals surface area contributed by atoms with Gasteiger partial charge in [0.1, 0.15) is 12.4 Å². The summed E-state index contributed by atoms with van der Waals surface area (Å²) in [6.45, 7) is 2.54. The third-order valence-corrected chi connectivity index (χ3v) is 5.13. The number of nitrogens with zero attached hydrogens (tertiary/aromatic N) is 2. The van der Waals surface area contributed by atoms with E-state index in [0.717, 1.165) is 11.1 Å². The number of hydrogen-bond donors (Lipinski definition) is 1. The van der Waals surface area contributed by atoms with E-state index in [9.17, 15) is 14.0 Å². The van der Waals surface area contributed by atoms with Crippen molar-refractivity contribution in [3.05, 3.63) is 123 Å². The Hall–Kier alpha value is -4.26. The molecule has 166 valence electrons. The number of rotatable bonds is 7. The maximum Gasteiger partial charge on any atom is 0.271 e. The Kier molecular flexibility index (Phi) is 6.59. The average molecular weight is 443 g/mol. The van der Waals surface area contributed by atoms with Gasteiger partial charge in [-0.3, -0.25) is 9.59 Å². The maximum atomic E-state index is 13.3. The monoisotopic (exact) mass is 443 g/mol. The van der Waals surface area contributed by atoms with Crippen LogP contribution in [0, 0.1) is 12.7 Å². The highest BCUT2D eigenvalue weighted by molar-refractivity contribution is 5.94. The Morgan fingerprint density at radius 1 is 1.00 bits per heavy atom. The summed E-state index contributed by atoms with van der Waals surface area (Å²) in [6, 6.07) is 23.3. The van der Waals surface area contributed by atoms with Crippen LogP contribution in [0.3, 0.4) is 0 Å².